The molecule has 1 unspecified atom stereocenters. The second-order valence-corrected chi connectivity index (χ2v) is 3.38. The van der Waals surface area contributed by atoms with Gasteiger partial charge in [0.05, 0.1) is 25.2 Å². The molecule has 0 aliphatic rings. The van der Waals surface area contributed by atoms with Gasteiger partial charge in [-0.15, -0.1) is 11.6 Å². The van der Waals surface area contributed by atoms with Gasteiger partial charge in [-0.2, -0.15) is 0 Å². The van der Waals surface area contributed by atoms with Gasteiger partial charge in [0.25, 0.3) is 0 Å². The van der Waals surface area contributed by atoms with E-state index < -0.39 is 6.10 Å². The Morgan fingerprint density at radius 2 is 2.29 bits per heavy atom. The zero-order chi connectivity index (χ0) is 10.4. The summed E-state index contributed by atoms with van der Waals surface area (Å²) in [5, 5.41) is 9.11. The molecule has 0 saturated heterocycles. The van der Waals surface area contributed by atoms with E-state index in [1.54, 1.807) is 0 Å². The third-order valence-electron chi connectivity index (χ3n) is 1.71. The highest BCUT2D eigenvalue weighted by molar-refractivity contribution is 6.18. The molecule has 78 valence electrons. The number of hydrogen-bond donors (Lipinski definition) is 2. The van der Waals surface area contributed by atoms with Gasteiger partial charge in [-0.25, -0.2) is 0 Å². The highest BCUT2D eigenvalue weighted by Crippen LogP contribution is 2.07. The van der Waals surface area contributed by atoms with E-state index >= 15 is 0 Å². The maximum absolute atomic E-state index is 9.11. The second-order valence-electron chi connectivity index (χ2n) is 3.07. The Bertz CT molecular complexity index is 281. The number of halogens is 1. The summed E-state index contributed by atoms with van der Waals surface area (Å²) >= 11 is 5.41. The van der Waals surface area contributed by atoms with Gasteiger partial charge in [0.15, 0.2) is 0 Å². The summed E-state index contributed by atoms with van der Waals surface area (Å²) in [6.07, 6.45) is -0.599. The molecule has 0 saturated carbocycles. The van der Waals surface area contributed by atoms with Crippen LogP contribution in [-0.2, 0) is 11.3 Å². The van der Waals surface area contributed by atoms with Crippen LogP contribution in [0, 0.1) is 0 Å². The molecule has 0 fully saturated rings. The van der Waals surface area contributed by atoms with Crippen molar-refractivity contribution < 1.29 is 9.84 Å². The zero-order valence-electron chi connectivity index (χ0n) is 7.82. The molecule has 0 spiro atoms. The van der Waals surface area contributed by atoms with E-state index in [4.69, 9.17) is 27.2 Å². The topological polar surface area (TPSA) is 55.5 Å². The number of aliphatic hydroxyl groups is 1. The molecule has 14 heavy (non-hydrogen) atoms. The number of anilines is 1. The fraction of sp³-hybridized carbons (Fsp3) is 0.400. The second kappa shape index (κ2) is 5.86. The first-order chi connectivity index (χ1) is 6.72. The van der Waals surface area contributed by atoms with Crippen molar-refractivity contribution in [1.29, 1.82) is 0 Å². The van der Waals surface area contributed by atoms with Crippen LogP contribution in [0.15, 0.2) is 24.3 Å². The van der Waals surface area contributed by atoms with E-state index in [-0.39, 0.29) is 12.5 Å². The molecule has 0 heterocycles. The highest BCUT2D eigenvalue weighted by Gasteiger charge is 2.01. The van der Waals surface area contributed by atoms with E-state index in [1.807, 2.05) is 24.3 Å². The molecule has 1 aromatic carbocycles. The fourth-order valence-corrected chi connectivity index (χ4v) is 1.13. The van der Waals surface area contributed by atoms with E-state index in [2.05, 4.69) is 0 Å². The minimum absolute atomic E-state index is 0.191. The van der Waals surface area contributed by atoms with Gasteiger partial charge < -0.3 is 15.6 Å². The molecular formula is C10H14ClNO2. The minimum Gasteiger partial charge on any atom is -0.399 e. The first-order valence-corrected chi connectivity index (χ1v) is 4.92. The molecule has 1 rings (SSSR count). The lowest BCUT2D eigenvalue weighted by molar-refractivity contribution is 0.0392. The van der Waals surface area contributed by atoms with Crippen LogP contribution in [0.25, 0.3) is 0 Å². The maximum Gasteiger partial charge on any atom is 0.0908 e. The lowest BCUT2D eigenvalue weighted by atomic mass is 10.2. The van der Waals surface area contributed by atoms with Gasteiger partial charge in [0.1, 0.15) is 0 Å². The first-order valence-electron chi connectivity index (χ1n) is 4.38. The predicted molar refractivity (Wildman–Crippen MR) is 57.2 cm³/mol. The Labute approximate surface area is 88.4 Å². The molecule has 0 aliphatic carbocycles. The van der Waals surface area contributed by atoms with Crippen molar-refractivity contribution >= 4 is 17.3 Å². The van der Waals surface area contributed by atoms with Gasteiger partial charge in [-0.05, 0) is 17.7 Å². The Kier molecular flexibility index (Phi) is 4.73. The standard InChI is InChI=1S/C10H14ClNO2/c11-5-10(13)7-14-6-8-2-1-3-9(12)4-8/h1-4,10,13H,5-7,12H2. The molecule has 3 N–H and O–H groups in total. The van der Waals surface area contributed by atoms with Crippen LogP contribution in [0.5, 0.6) is 0 Å². The first kappa shape index (κ1) is 11.3. The van der Waals surface area contributed by atoms with E-state index in [0.29, 0.717) is 12.3 Å². The SMILES string of the molecule is Nc1cccc(COCC(O)CCl)c1. The largest absolute Gasteiger partial charge is 0.399 e. The lowest BCUT2D eigenvalue weighted by Crippen LogP contribution is -2.16. The molecule has 0 aromatic heterocycles. The van der Waals surface area contributed by atoms with E-state index in [1.165, 1.54) is 0 Å². The summed E-state index contributed by atoms with van der Waals surface area (Å²) in [6.45, 7) is 0.692. The smallest absolute Gasteiger partial charge is 0.0908 e. The number of nitrogen functional groups attached to an aromatic ring is 1. The molecule has 3 nitrogen and oxygen atoms in total. The maximum atomic E-state index is 9.11. The lowest BCUT2D eigenvalue weighted by Gasteiger charge is -2.08. The molecule has 0 aliphatic heterocycles. The molecule has 1 atom stereocenters. The average molecular weight is 216 g/mol. The summed E-state index contributed by atoms with van der Waals surface area (Å²) < 4.78 is 5.24. The molecule has 0 radical (unpaired) electrons. The van der Waals surface area contributed by atoms with Crippen LogP contribution in [0.2, 0.25) is 0 Å². The van der Waals surface area contributed by atoms with Crippen LogP contribution in [-0.4, -0.2) is 23.7 Å². The number of nitrogens with two attached hydrogens (primary N) is 1. The Morgan fingerprint density at radius 1 is 1.50 bits per heavy atom. The quantitative estimate of drug-likeness (QED) is 0.577. The van der Waals surface area contributed by atoms with Gasteiger partial charge in [-0.1, -0.05) is 12.1 Å². The molecule has 4 heteroatoms. The van der Waals surface area contributed by atoms with Gasteiger partial charge in [0.2, 0.25) is 0 Å². The number of aliphatic hydroxyl groups excluding tert-OH is 1. The summed E-state index contributed by atoms with van der Waals surface area (Å²) in [7, 11) is 0. The molecular weight excluding hydrogens is 202 g/mol. The van der Waals surface area contributed by atoms with Crippen molar-refractivity contribution in [3.63, 3.8) is 0 Å². The van der Waals surface area contributed by atoms with Crippen LogP contribution < -0.4 is 5.73 Å². The number of hydrogen-bond acceptors (Lipinski definition) is 3. The summed E-state index contributed by atoms with van der Waals surface area (Å²) in [4.78, 5) is 0. The number of ether oxygens (including phenoxy) is 1. The van der Waals surface area contributed by atoms with Gasteiger partial charge in [0, 0.05) is 5.69 Å². The Morgan fingerprint density at radius 3 is 2.93 bits per heavy atom. The van der Waals surface area contributed by atoms with Crippen molar-refractivity contribution in [2.45, 2.75) is 12.7 Å². The van der Waals surface area contributed by atoms with Crippen LogP contribution >= 0.6 is 11.6 Å². The Hall–Kier alpha value is -0.770. The third kappa shape index (κ3) is 3.96. The molecule has 0 bridgehead atoms. The number of rotatable bonds is 5. The molecule has 1 aromatic rings. The van der Waals surface area contributed by atoms with Crippen molar-refractivity contribution in [1.82, 2.24) is 0 Å². The van der Waals surface area contributed by atoms with Gasteiger partial charge in [-0.3, -0.25) is 0 Å². The normalized spacial score (nSPS) is 12.7. The van der Waals surface area contributed by atoms with Crippen LogP contribution in [0.1, 0.15) is 5.56 Å². The third-order valence-corrected chi connectivity index (χ3v) is 2.06. The van der Waals surface area contributed by atoms with E-state index in [9.17, 15) is 0 Å². The Balaban J connectivity index is 2.31. The van der Waals surface area contributed by atoms with Crippen molar-refractivity contribution in [3.05, 3.63) is 29.8 Å². The average Bonchev–Trinajstić information content (AvgIpc) is 2.17. The minimum atomic E-state index is -0.599. The summed E-state index contributed by atoms with van der Waals surface area (Å²) in [6, 6.07) is 7.44. The number of benzene rings is 1. The summed E-state index contributed by atoms with van der Waals surface area (Å²) in [5.41, 5.74) is 7.29. The number of alkyl halides is 1. The van der Waals surface area contributed by atoms with Gasteiger partial charge >= 0.3 is 0 Å². The van der Waals surface area contributed by atoms with Crippen LogP contribution in [0.3, 0.4) is 0 Å². The predicted octanol–water partition coefficient (Wildman–Crippen LogP) is 1.39. The molecule has 0 amide bonds. The zero-order valence-corrected chi connectivity index (χ0v) is 8.57. The van der Waals surface area contributed by atoms with Crippen molar-refractivity contribution in [3.8, 4) is 0 Å². The van der Waals surface area contributed by atoms with Crippen molar-refractivity contribution in [2.24, 2.45) is 0 Å². The monoisotopic (exact) mass is 215 g/mol. The fourth-order valence-electron chi connectivity index (χ4n) is 1.04. The van der Waals surface area contributed by atoms with E-state index in [0.717, 1.165) is 5.56 Å². The summed E-state index contributed by atoms with van der Waals surface area (Å²) in [5.74, 6) is 0.191. The highest BCUT2D eigenvalue weighted by atomic mass is 35.5. The van der Waals surface area contributed by atoms with Crippen LogP contribution in [0.4, 0.5) is 5.69 Å². The van der Waals surface area contributed by atoms with Crippen molar-refractivity contribution in [2.75, 3.05) is 18.2 Å².